The Bertz CT molecular complexity index is 506. The molecule has 0 N–H and O–H groups in total. The normalized spacial score (nSPS) is 14.0. The van der Waals surface area contributed by atoms with Crippen LogP contribution in [0, 0.1) is 13.8 Å². The molecule has 0 saturated carbocycles. The van der Waals surface area contributed by atoms with Crippen LogP contribution in [0.15, 0.2) is 18.2 Å². The summed E-state index contributed by atoms with van der Waals surface area (Å²) in [7, 11) is 0. The van der Waals surface area contributed by atoms with Crippen molar-refractivity contribution in [1.82, 2.24) is 0 Å². The summed E-state index contributed by atoms with van der Waals surface area (Å²) in [5, 5.41) is 2.92. The summed E-state index contributed by atoms with van der Waals surface area (Å²) < 4.78 is 0. The van der Waals surface area contributed by atoms with Gasteiger partial charge in [0, 0.05) is 0 Å². The van der Waals surface area contributed by atoms with Crippen LogP contribution in [0.3, 0.4) is 0 Å². The summed E-state index contributed by atoms with van der Waals surface area (Å²) in [6, 6.07) is 7.14. The first-order valence-corrected chi connectivity index (χ1v) is 5.44. The molecule has 0 bridgehead atoms. The second-order valence-corrected chi connectivity index (χ2v) is 4.51. The number of benzene rings is 1. The number of hydrogen-bond acceptors (Lipinski definition) is 0. The van der Waals surface area contributed by atoms with E-state index in [1.165, 1.54) is 41.2 Å². The quantitative estimate of drug-likeness (QED) is 0.423. The van der Waals surface area contributed by atoms with Gasteiger partial charge in [0.1, 0.15) is 0 Å². The Morgan fingerprint density at radius 3 is 2.47 bits per heavy atom. The van der Waals surface area contributed by atoms with Crippen LogP contribution >= 0.6 is 0 Å². The Morgan fingerprint density at radius 2 is 1.73 bits per heavy atom. The zero-order valence-electron chi connectivity index (χ0n) is 9.85. The van der Waals surface area contributed by atoms with E-state index >= 15 is 0 Å². The number of aryl methyl sites for hydroxylation is 4. The Kier molecular flexibility index (Phi) is 2.75. The van der Waals surface area contributed by atoms with Gasteiger partial charge in [0.2, 0.25) is 0 Å². The minimum atomic E-state index is 0. The number of hydrogen-bond donors (Lipinski definition) is 0. The summed E-state index contributed by atoms with van der Waals surface area (Å²) >= 11 is 0. The van der Waals surface area contributed by atoms with Crippen molar-refractivity contribution in [3.8, 4) is 0 Å². The van der Waals surface area contributed by atoms with Crippen molar-refractivity contribution in [3.63, 3.8) is 0 Å². The van der Waals surface area contributed by atoms with Crippen LogP contribution in [-0.4, -0.2) is 0 Å². The molecule has 0 atom stereocenters. The van der Waals surface area contributed by atoms with Crippen molar-refractivity contribution < 1.29 is 18.9 Å². The minimum Gasteiger partial charge on any atom is -0.154 e. The number of rotatable bonds is 0. The smallest absolute Gasteiger partial charge is 0.154 e. The maximum Gasteiger partial charge on any atom is 1.00 e. The molecule has 0 nitrogen and oxygen atoms in total. The average Bonchev–Trinajstić information content (AvgIpc) is 2.70. The first kappa shape index (κ1) is 10.9. The Hall–Kier alpha value is -0.573. The van der Waals surface area contributed by atoms with Gasteiger partial charge in [0.25, 0.3) is 0 Å². The van der Waals surface area contributed by atoms with E-state index in [9.17, 15) is 0 Å². The fourth-order valence-electron chi connectivity index (χ4n) is 2.64. The largest absolute Gasteiger partial charge is 1.00 e. The van der Waals surface area contributed by atoms with E-state index in [0.717, 1.165) is 0 Å². The Labute approximate surface area is 103 Å². The summed E-state index contributed by atoms with van der Waals surface area (Å²) in [6.07, 6.45) is 3.92. The summed E-state index contributed by atoms with van der Waals surface area (Å²) in [5.41, 5.74) is 6.08. The molecular weight excluding hydrogens is 175 g/mol. The molecule has 2 aromatic carbocycles. The zero-order chi connectivity index (χ0) is 9.71. The predicted molar refractivity (Wildman–Crippen MR) is 61.0 cm³/mol. The van der Waals surface area contributed by atoms with Gasteiger partial charge in [-0.3, -0.25) is 0 Å². The summed E-state index contributed by atoms with van der Waals surface area (Å²) in [6.45, 7) is 4.44. The van der Waals surface area contributed by atoms with Crippen LogP contribution in [-0.2, 0) is 12.8 Å². The molecule has 0 radical (unpaired) electrons. The van der Waals surface area contributed by atoms with Crippen molar-refractivity contribution in [2.24, 2.45) is 0 Å². The molecule has 0 saturated heterocycles. The molecule has 0 unspecified atom stereocenters. The third kappa shape index (κ3) is 1.57. The second-order valence-electron chi connectivity index (χ2n) is 4.51. The van der Waals surface area contributed by atoms with Crippen LogP contribution in [0.5, 0.6) is 0 Å². The molecule has 2 aromatic rings. The minimum absolute atomic E-state index is 0. The zero-order valence-corrected chi connectivity index (χ0v) is 9.85. The van der Waals surface area contributed by atoms with Crippen molar-refractivity contribution in [1.29, 1.82) is 0 Å². The topological polar surface area (TPSA) is 0 Å². The van der Waals surface area contributed by atoms with E-state index in [1.54, 1.807) is 11.1 Å². The molecular formula is C14H15Li. The van der Waals surface area contributed by atoms with Gasteiger partial charge in [0.05, 0.1) is 0 Å². The molecule has 3 rings (SSSR count). The summed E-state index contributed by atoms with van der Waals surface area (Å²) in [5.74, 6) is 0. The second kappa shape index (κ2) is 3.78. The van der Waals surface area contributed by atoms with Gasteiger partial charge in [-0.1, -0.05) is 25.0 Å². The molecule has 15 heavy (non-hydrogen) atoms. The van der Waals surface area contributed by atoms with Gasteiger partial charge in [-0.15, -0.1) is 34.5 Å². The van der Waals surface area contributed by atoms with Crippen LogP contribution in [0.4, 0.5) is 0 Å². The van der Waals surface area contributed by atoms with Crippen LogP contribution < -0.4 is 18.9 Å². The standard InChI is InChI=1S/C14H15.Li/c1-9-6-13-7-11-4-3-5-12(11)8-14(13)10(9)2;/h6-8H,3-5H2,1-2H3;/q-1;+1. The third-order valence-corrected chi connectivity index (χ3v) is 3.63. The third-order valence-electron chi connectivity index (χ3n) is 3.63. The first-order valence-electron chi connectivity index (χ1n) is 5.44. The molecule has 1 aliphatic rings. The Morgan fingerprint density at radius 1 is 1.07 bits per heavy atom. The van der Waals surface area contributed by atoms with E-state index < -0.39 is 0 Å². The fourth-order valence-corrected chi connectivity index (χ4v) is 2.64. The van der Waals surface area contributed by atoms with Crippen LogP contribution in [0.2, 0.25) is 0 Å². The van der Waals surface area contributed by atoms with Crippen molar-refractivity contribution >= 4 is 10.8 Å². The molecule has 1 heteroatoms. The average molecular weight is 190 g/mol. The Balaban J connectivity index is 0.000000853. The van der Waals surface area contributed by atoms with Crippen LogP contribution in [0.25, 0.3) is 10.8 Å². The predicted octanol–water partition coefficient (Wildman–Crippen LogP) is 0.668. The molecule has 0 aromatic heterocycles. The van der Waals surface area contributed by atoms with Gasteiger partial charge < -0.3 is 0 Å². The van der Waals surface area contributed by atoms with Gasteiger partial charge in [-0.2, -0.15) is 5.56 Å². The van der Waals surface area contributed by atoms with Crippen molar-refractivity contribution in [2.45, 2.75) is 33.1 Å². The van der Waals surface area contributed by atoms with E-state index in [2.05, 4.69) is 32.0 Å². The van der Waals surface area contributed by atoms with E-state index in [1.807, 2.05) is 0 Å². The van der Waals surface area contributed by atoms with Crippen molar-refractivity contribution in [2.75, 3.05) is 0 Å². The SMILES string of the molecule is Cc1[cH-]c2cc3c(cc2c1C)CCC3.[Li+]. The molecule has 1 aliphatic carbocycles. The molecule has 72 valence electrons. The van der Waals surface area contributed by atoms with Gasteiger partial charge in [-0.05, 0) is 19.3 Å². The fraction of sp³-hybridized carbons (Fsp3) is 0.357. The molecule has 0 amide bonds. The maximum absolute atomic E-state index is 2.42. The maximum atomic E-state index is 2.42. The monoisotopic (exact) mass is 190 g/mol. The van der Waals surface area contributed by atoms with E-state index in [4.69, 9.17) is 0 Å². The van der Waals surface area contributed by atoms with Gasteiger partial charge in [0.15, 0.2) is 0 Å². The van der Waals surface area contributed by atoms with Crippen molar-refractivity contribution in [3.05, 3.63) is 40.5 Å². The molecule has 0 fully saturated rings. The van der Waals surface area contributed by atoms with Crippen LogP contribution in [0.1, 0.15) is 28.7 Å². The van der Waals surface area contributed by atoms with E-state index in [-0.39, 0.29) is 18.9 Å². The molecule has 0 heterocycles. The first-order chi connectivity index (χ1) is 6.75. The number of fused-ring (bicyclic) bond motifs is 2. The molecule has 0 spiro atoms. The van der Waals surface area contributed by atoms with Gasteiger partial charge >= 0.3 is 18.9 Å². The molecule has 0 aliphatic heterocycles. The van der Waals surface area contributed by atoms with Gasteiger partial charge in [-0.25, -0.2) is 0 Å². The van der Waals surface area contributed by atoms with E-state index in [0.29, 0.717) is 0 Å². The summed E-state index contributed by atoms with van der Waals surface area (Å²) in [4.78, 5) is 0.